The zero-order chi connectivity index (χ0) is 13.8. The summed E-state index contributed by atoms with van der Waals surface area (Å²) in [6.45, 7) is 0. The number of hydrogen-bond acceptors (Lipinski definition) is 4. The molecule has 1 fully saturated rings. The van der Waals surface area contributed by atoms with E-state index in [1.165, 1.54) is 31.7 Å². The van der Waals surface area contributed by atoms with Gasteiger partial charge in [0.1, 0.15) is 5.75 Å². The second kappa shape index (κ2) is 6.02. The van der Waals surface area contributed by atoms with Crippen molar-refractivity contribution in [3.8, 4) is 5.75 Å². The fourth-order valence-corrected chi connectivity index (χ4v) is 2.86. The van der Waals surface area contributed by atoms with Crippen molar-refractivity contribution >= 4 is 5.69 Å². The number of nitro groups is 1. The second-order valence-electron chi connectivity index (χ2n) is 5.18. The van der Waals surface area contributed by atoms with E-state index >= 15 is 0 Å². The summed E-state index contributed by atoms with van der Waals surface area (Å²) < 4.78 is 5.26. The van der Waals surface area contributed by atoms with E-state index in [9.17, 15) is 10.1 Å². The van der Waals surface area contributed by atoms with Gasteiger partial charge in [0.05, 0.1) is 12.0 Å². The SMILES string of the molecule is COc1ccc([N+](=O)[O-])cc1C(N)CC1CCCC1. The molecule has 0 heterocycles. The van der Waals surface area contributed by atoms with Gasteiger partial charge in [-0.2, -0.15) is 0 Å². The number of nitrogens with two attached hydrogens (primary N) is 1. The van der Waals surface area contributed by atoms with E-state index in [4.69, 9.17) is 10.5 Å². The number of nitro benzene ring substituents is 1. The topological polar surface area (TPSA) is 78.4 Å². The maximum absolute atomic E-state index is 10.8. The molecule has 104 valence electrons. The predicted octanol–water partition coefficient (Wildman–Crippen LogP) is 3.18. The van der Waals surface area contributed by atoms with E-state index < -0.39 is 4.92 Å². The van der Waals surface area contributed by atoms with E-state index in [-0.39, 0.29) is 11.7 Å². The van der Waals surface area contributed by atoms with Crippen molar-refractivity contribution in [2.45, 2.75) is 38.1 Å². The summed E-state index contributed by atoms with van der Waals surface area (Å²) in [5.41, 5.74) is 7.02. The second-order valence-corrected chi connectivity index (χ2v) is 5.18. The molecule has 1 aromatic rings. The fourth-order valence-electron chi connectivity index (χ4n) is 2.86. The van der Waals surface area contributed by atoms with Crippen molar-refractivity contribution in [3.63, 3.8) is 0 Å². The van der Waals surface area contributed by atoms with E-state index in [1.807, 2.05) is 0 Å². The highest BCUT2D eigenvalue weighted by Crippen LogP contribution is 2.36. The summed E-state index contributed by atoms with van der Waals surface area (Å²) >= 11 is 0. The van der Waals surface area contributed by atoms with Crippen molar-refractivity contribution in [1.82, 2.24) is 0 Å². The van der Waals surface area contributed by atoms with Crippen LogP contribution in [0.15, 0.2) is 18.2 Å². The average Bonchev–Trinajstić information content (AvgIpc) is 2.90. The van der Waals surface area contributed by atoms with Crippen LogP contribution in [0.1, 0.15) is 43.7 Å². The molecule has 2 N–H and O–H groups in total. The van der Waals surface area contributed by atoms with Crippen LogP contribution in [0, 0.1) is 16.0 Å². The minimum Gasteiger partial charge on any atom is -0.496 e. The number of ether oxygens (including phenoxy) is 1. The highest BCUT2D eigenvalue weighted by atomic mass is 16.6. The molecule has 1 aliphatic rings. The highest BCUT2D eigenvalue weighted by Gasteiger charge is 2.22. The Labute approximate surface area is 112 Å². The maximum atomic E-state index is 10.8. The molecule has 0 saturated heterocycles. The van der Waals surface area contributed by atoms with E-state index in [1.54, 1.807) is 19.2 Å². The molecule has 5 heteroatoms. The molecule has 0 amide bonds. The van der Waals surface area contributed by atoms with Crippen LogP contribution in [0.3, 0.4) is 0 Å². The molecule has 0 spiro atoms. The molecule has 0 aromatic heterocycles. The van der Waals surface area contributed by atoms with Crippen LogP contribution >= 0.6 is 0 Å². The van der Waals surface area contributed by atoms with Gasteiger partial charge in [0.2, 0.25) is 0 Å². The Kier molecular flexibility index (Phi) is 4.37. The Balaban J connectivity index is 2.19. The Bertz CT molecular complexity index is 456. The van der Waals surface area contributed by atoms with E-state index in [0.717, 1.165) is 12.0 Å². The zero-order valence-corrected chi connectivity index (χ0v) is 11.2. The third kappa shape index (κ3) is 3.23. The molecule has 19 heavy (non-hydrogen) atoms. The minimum atomic E-state index is -0.398. The normalized spacial score (nSPS) is 17.4. The van der Waals surface area contributed by atoms with Crippen LogP contribution in [-0.2, 0) is 0 Å². The molecule has 0 aliphatic heterocycles. The van der Waals surface area contributed by atoms with Crippen LogP contribution in [0.4, 0.5) is 5.69 Å². The molecule has 0 bridgehead atoms. The molecular weight excluding hydrogens is 244 g/mol. The monoisotopic (exact) mass is 264 g/mol. The molecule has 0 radical (unpaired) electrons. The number of hydrogen-bond donors (Lipinski definition) is 1. The lowest BCUT2D eigenvalue weighted by Gasteiger charge is -2.18. The van der Waals surface area contributed by atoms with Crippen LogP contribution in [0.2, 0.25) is 0 Å². The van der Waals surface area contributed by atoms with Crippen LogP contribution < -0.4 is 10.5 Å². The van der Waals surface area contributed by atoms with Gasteiger partial charge in [-0.05, 0) is 18.4 Å². The number of non-ortho nitro benzene ring substituents is 1. The number of methoxy groups -OCH3 is 1. The summed E-state index contributed by atoms with van der Waals surface area (Å²) in [6.07, 6.45) is 5.83. The van der Waals surface area contributed by atoms with Crippen molar-refractivity contribution < 1.29 is 9.66 Å². The largest absolute Gasteiger partial charge is 0.496 e. The first kappa shape index (κ1) is 13.8. The summed E-state index contributed by atoms with van der Waals surface area (Å²) in [6, 6.07) is 4.42. The van der Waals surface area contributed by atoms with Gasteiger partial charge in [0, 0.05) is 23.7 Å². The van der Waals surface area contributed by atoms with Crippen LogP contribution in [-0.4, -0.2) is 12.0 Å². The van der Waals surface area contributed by atoms with Gasteiger partial charge in [0.25, 0.3) is 5.69 Å². The van der Waals surface area contributed by atoms with Crippen LogP contribution in [0.25, 0.3) is 0 Å². The van der Waals surface area contributed by atoms with Gasteiger partial charge in [-0.25, -0.2) is 0 Å². The number of benzene rings is 1. The van der Waals surface area contributed by atoms with Gasteiger partial charge in [0.15, 0.2) is 0 Å². The summed E-state index contributed by atoms with van der Waals surface area (Å²) in [7, 11) is 1.56. The molecule has 2 rings (SSSR count). The standard InChI is InChI=1S/C14H20N2O3/c1-19-14-7-6-11(16(17)18)9-12(14)13(15)8-10-4-2-3-5-10/h6-7,9-10,13H,2-5,8,15H2,1H3. The van der Waals surface area contributed by atoms with E-state index in [0.29, 0.717) is 11.7 Å². The first-order valence-corrected chi connectivity index (χ1v) is 6.69. The molecule has 1 unspecified atom stereocenters. The smallest absolute Gasteiger partial charge is 0.270 e. The Morgan fingerprint density at radius 3 is 2.74 bits per heavy atom. The lowest BCUT2D eigenvalue weighted by atomic mass is 9.93. The number of nitrogens with zero attached hydrogens (tertiary/aromatic N) is 1. The average molecular weight is 264 g/mol. The molecule has 1 saturated carbocycles. The summed E-state index contributed by atoms with van der Waals surface area (Å²) in [4.78, 5) is 10.4. The van der Waals surface area contributed by atoms with Gasteiger partial charge >= 0.3 is 0 Å². The first-order chi connectivity index (χ1) is 9.11. The van der Waals surface area contributed by atoms with Crippen molar-refractivity contribution in [2.24, 2.45) is 11.7 Å². The zero-order valence-electron chi connectivity index (χ0n) is 11.2. The molecule has 1 aromatic carbocycles. The third-order valence-corrected chi connectivity index (χ3v) is 3.89. The molecule has 5 nitrogen and oxygen atoms in total. The molecular formula is C14H20N2O3. The van der Waals surface area contributed by atoms with Gasteiger partial charge in [-0.15, -0.1) is 0 Å². The lowest BCUT2D eigenvalue weighted by molar-refractivity contribution is -0.385. The Morgan fingerprint density at radius 2 is 2.16 bits per heavy atom. The first-order valence-electron chi connectivity index (χ1n) is 6.69. The molecule has 1 atom stereocenters. The summed E-state index contributed by atoms with van der Waals surface area (Å²) in [5, 5.41) is 10.8. The minimum absolute atomic E-state index is 0.0673. The predicted molar refractivity (Wildman–Crippen MR) is 73.2 cm³/mol. The number of rotatable bonds is 5. The lowest BCUT2D eigenvalue weighted by Crippen LogP contribution is -2.15. The van der Waals surface area contributed by atoms with Gasteiger partial charge < -0.3 is 10.5 Å². The van der Waals surface area contributed by atoms with Gasteiger partial charge in [-0.1, -0.05) is 25.7 Å². The maximum Gasteiger partial charge on any atom is 0.270 e. The fraction of sp³-hybridized carbons (Fsp3) is 0.571. The van der Waals surface area contributed by atoms with E-state index in [2.05, 4.69) is 0 Å². The van der Waals surface area contributed by atoms with Crippen LogP contribution in [0.5, 0.6) is 5.75 Å². The van der Waals surface area contributed by atoms with Gasteiger partial charge in [-0.3, -0.25) is 10.1 Å². The summed E-state index contributed by atoms with van der Waals surface area (Å²) in [5.74, 6) is 1.27. The third-order valence-electron chi connectivity index (χ3n) is 3.89. The van der Waals surface area contributed by atoms with Crippen molar-refractivity contribution in [2.75, 3.05) is 7.11 Å². The Morgan fingerprint density at radius 1 is 1.47 bits per heavy atom. The van der Waals surface area contributed by atoms with Crippen molar-refractivity contribution in [3.05, 3.63) is 33.9 Å². The quantitative estimate of drug-likeness (QED) is 0.654. The molecule has 1 aliphatic carbocycles. The Hall–Kier alpha value is -1.62. The van der Waals surface area contributed by atoms with Crippen molar-refractivity contribution in [1.29, 1.82) is 0 Å². The highest BCUT2D eigenvalue weighted by molar-refractivity contribution is 5.45.